The molecule has 1 unspecified atom stereocenters. The van der Waals surface area contributed by atoms with Gasteiger partial charge < -0.3 is 4.74 Å². The number of hydrogen-bond acceptors (Lipinski definition) is 5. The van der Waals surface area contributed by atoms with Crippen LogP contribution in [-0.4, -0.2) is 33.3 Å². The molecule has 0 saturated heterocycles. The second kappa shape index (κ2) is 9.92. The van der Waals surface area contributed by atoms with Crippen LogP contribution in [-0.2, 0) is 25.3 Å². The van der Waals surface area contributed by atoms with E-state index in [-0.39, 0.29) is 10.6 Å². The predicted octanol–water partition coefficient (Wildman–Crippen LogP) is 3.56. The Morgan fingerprint density at radius 1 is 1.07 bits per heavy atom. The van der Waals surface area contributed by atoms with Gasteiger partial charge in [0.1, 0.15) is 6.04 Å². The molecule has 2 aromatic carbocycles. The molecule has 0 aliphatic carbocycles. The summed E-state index contributed by atoms with van der Waals surface area (Å²) in [6, 6.07) is 15.5. The molecule has 0 amide bonds. The number of carbonyl (C=O) groups is 1. The Labute approximate surface area is 165 Å². The molecule has 0 bridgehead atoms. The largest absolute Gasteiger partial charge is 0.468 e. The van der Waals surface area contributed by atoms with Crippen molar-refractivity contribution < 1.29 is 17.9 Å². The Kier molecular flexibility index (Phi) is 7.89. The number of esters is 1. The minimum absolute atomic E-state index is 0.133. The summed E-state index contributed by atoms with van der Waals surface area (Å²) in [5, 5.41) is 0. The fourth-order valence-electron chi connectivity index (χ4n) is 2.45. The summed E-state index contributed by atoms with van der Waals surface area (Å²) in [5.74, 6) is 0.675. The molecule has 7 heteroatoms. The van der Waals surface area contributed by atoms with Crippen molar-refractivity contribution in [3.05, 3.63) is 65.7 Å². The van der Waals surface area contributed by atoms with Crippen molar-refractivity contribution in [3.8, 4) is 0 Å². The molecule has 0 aliphatic rings. The number of thioether (sulfide) groups is 1. The summed E-state index contributed by atoms with van der Waals surface area (Å²) in [6.45, 7) is 4.08. The quantitative estimate of drug-likeness (QED) is 0.644. The first kappa shape index (κ1) is 21.5. The first-order chi connectivity index (χ1) is 12.8. The van der Waals surface area contributed by atoms with E-state index in [2.05, 4.69) is 4.72 Å². The van der Waals surface area contributed by atoms with Crippen molar-refractivity contribution in [1.82, 2.24) is 4.72 Å². The number of nitrogens with one attached hydrogen (secondary N) is 1. The molecule has 0 fully saturated rings. The zero-order chi connectivity index (χ0) is 19.9. The van der Waals surface area contributed by atoms with Gasteiger partial charge in [0.2, 0.25) is 10.0 Å². The summed E-state index contributed by atoms with van der Waals surface area (Å²) in [4.78, 5) is 12.2. The minimum Gasteiger partial charge on any atom is -0.468 e. The number of rotatable bonds is 9. The Hall–Kier alpha value is -1.83. The lowest BCUT2D eigenvalue weighted by Gasteiger charge is -2.17. The zero-order valence-electron chi connectivity index (χ0n) is 15.7. The first-order valence-corrected chi connectivity index (χ1v) is 11.3. The third-order valence-electron chi connectivity index (χ3n) is 4.04. The highest BCUT2D eigenvalue weighted by Crippen LogP contribution is 2.19. The maximum Gasteiger partial charge on any atom is 0.324 e. The predicted molar refractivity (Wildman–Crippen MR) is 109 cm³/mol. The highest BCUT2D eigenvalue weighted by atomic mass is 32.2. The van der Waals surface area contributed by atoms with Crippen LogP contribution in [0.1, 0.15) is 30.9 Å². The lowest BCUT2D eigenvalue weighted by Crippen LogP contribution is -2.43. The van der Waals surface area contributed by atoms with E-state index in [4.69, 9.17) is 4.74 Å². The number of methoxy groups -OCH3 is 1. The van der Waals surface area contributed by atoms with Crippen LogP contribution >= 0.6 is 11.8 Å². The maximum absolute atomic E-state index is 12.6. The molecule has 5 nitrogen and oxygen atoms in total. The second-order valence-electron chi connectivity index (χ2n) is 6.42. The molecule has 2 aromatic rings. The fraction of sp³-hybridized carbons (Fsp3) is 0.350. The lowest BCUT2D eigenvalue weighted by atomic mass is 10.0. The molecule has 2 rings (SSSR count). The van der Waals surface area contributed by atoms with Gasteiger partial charge in [-0.1, -0.05) is 56.3 Å². The van der Waals surface area contributed by atoms with Gasteiger partial charge in [0.25, 0.3) is 0 Å². The summed E-state index contributed by atoms with van der Waals surface area (Å²) in [7, 11) is -2.56. The average molecular weight is 408 g/mol. The molecule has 0 aromatic heterocycles. The number of hydrogen-bond donors (Lipinski definition) is 1. The smallest absolute Gasteiger partial charge is 0.324 e. The Morgan fingerprint density at radius 3 is 2.26 bits per heavy atom. The van der Waals surface area contributed by atoms with Crippen molar-refractivity contribution in [2.45, 2.75) is 36.5 Å². The van der Waals surface area contributed by atoms with Crippen LogP contribution in [0.2, 0.25) is 0 Å². The number of ether oxygens (including phenoxy) is 1. The first-order valence-electron chi connectivity index (χ1n) is 8.65. The van der Waals surface area contributed by atoms with Crippen LogP contribution in [0, 0.1) is 0 Å². The molecule has 0 aliphatic heterocycles. The molecule has 27 heavy (non-hydrogen) atoms. The Balaban J connectivity index is 2.06. The molecular weight excluding hydrogens is 382 g/mol. The zero-order valence-corrected chi connectivity index (χ0v) is 17.3. The van der Waals surface area contributed by atoms with Crippen LogP contribution < -0.4 is 4.72 Å². The standard InChI is InChI=1S/C20H25NO4S2/c1-15(2)17-9-11-18(12-10-17)27(23,24)21-19(20(22)25-3)14-26-13-16-7-5-4-6-8-16/h4-12,15,19,21H,13-14H2,1-3H3. The van der Waals surface area contributed by atoms with Crippen LogP contribution in [0.25, 0.3) is 0 Å². The monoisotopic (exact) mass is 407 g/mol. The molecule has 146 valence electrons. The summed E-state index contributed by atoms with van der Waals surface area (Å²) >= 11 is 1.47. The van der Waals surface area contributed by atoms with Crippen molar-refractivity contribution in [3.63, 3.8) is 0 Å². The summed E-state index contributed by atoms with van der Waals surface area (Å²) < 4.78 is 32.5. The van der Waals surface area contributed by atoms with Crippen molar-refractivity contribution in [2.75, 3.05) is 12.9 Å². The van der Waals surface area contributed by atoms with Crippen molar-refractivity contribution in [1.29, 1.82) is 0 Å². The molecular formula is C20H25NO4S2. The fourth-order valence-corrected chi connectivity index (χ4v) is 4.74. The molecule has 1 N–H and O–H groups in total. The Morgan fingerprint density at radius 2 is 1.70 bits per heavy atom. The molecule has 0 radical (unpaired) electrons. The van der Waals surface area contributed by atoms with Crippen LogP contribution in [0.4, 0.5) is 0 Å². The minimum atomic E-state index is -3.82. The van der Waals surface area contributed by atoms with E-state index in [0.29, 0.717) is 11.7 Å². The van der Waals surface area contributed by atoms with Gasteiger partial charge >= 0.3 is 5.97 Å². The van der Waals surface area contributed by atoms with Crippen molar-refractivity contribution in [2.24, 2.45) is 0 Å². The van der Waals surface area contributed by atoms with E-state index in [1.807, 2.05) is 44.2 Å². The summed E-state index contributed by atoms with van der Waals surface area (Å²) in [6.07, 6.45) is 0. The van der Waals surface area contributed by atoms with E-state index in [9.17, 15) is 13.2 Å². The SMILES string of the molecule is COC(=O)C(CSCc1ccccc1)NS(=O)(=O)c1ccc(C(C)C)cc1. The van der Waals surface area contributed by atoms with E-state index in [0.717, 1.165) is 11.1 Å². The average Bonchev–Trinajstić information content (AvgIpc) is 2.67. The topological polar surface area (TPSA) is 72.5 Å². The molecule has 1 atom stereocenters. The number of carbonyl (C=O) groups excluding carboxylic acids is 1. The van der Waals surface area contributed by atoms with Gasteiger partial charge in [-0.05, 0) is 29.2 Å². The normalized spacial score (nSPS) is 12.7. The van der Waals surface area contributed by atoms with Gasteiger partial charge in [-0.3, -0.25) is 4.79 Å². The van der Waals surface area contributed by atoms with Crippen LogP contribution in [0.3, 0.4) is 0 Å². The van der Waals surface area contributed by atoms with E-state index in [1.165, 1.54) is 18.9 Å². The van der Waals surface area contributed by atoms with Gasteiger partial charge in [-0.2, -0.15) is 16.5 Å². The van der Waals surface area contributed by atoms with E-state index < -0.39 is 22.0 Å². The third kappa shape index (κ3) is 6.37. The van der Waals surface area contributed by atoms with Gasteiger partial charge in [0.05, 0.1) is 12.0 Å². The van der Waals surface area contributed by atoms with Gasteiger partial charge in [0, 0.05) is 11.5 Å². The van der Waals surface area contributed by atoms with Crippen LogP contribution in [0.15, 0.2) is 59.5 Å². The third-order valence-corrected chi connectivity index (χ3v) is 6.63. The number of benzene rings is 2. The lowest BCUT2D eigenvalue weighted by molar-refractivity contribution is -0.141. The van der Waals surface area contributed by atoms with Gasteiger partial charge in [0.15, 0.2) is 0 Å². The second-order valence-corrected chi connectivity index (χ2v) is 9.17. The van der Waals surface area contributed by atoms with E-state index in [1.54, 1.807) is 24.3 Å². The highest BCUT2D eigenvalue weighted by molar-refractivity contribution is 7.98. The maximum atomic E-state index is 12.6. The van der Waals surface area contributed by atoms with Crippen LogP contribution in [0.5, 0.6) is 0 Å². The molecule has 0 spiro atoms. The highest BCUT2D eigenvalue weighted by Gasteiger charge is 2.26. The van der Waals surface area contributed by atoms with Crippen molar-refractivity contribution >= 4 is 27.8 Å². The Bertz CT molecular complexity index is 834. The van der Waals surface area contributed by atoms with Gasteiger partial charge in [-0.15, -0.1) is 0 Å². The van der Waals surface area contributed by atoms with E-state index >= 15 is 0 Å². The molecule has 0 heterocycles. The summed E-state index contributed by atoms with van der Waals surface area (Å²) in [5.41, 5.74) is 2.16. The number of sulfonamides is 1. The molecule has 0 saturated carbocycles. The van der Waals surface area contributed by atoms with Gasteiger partial charge in [-0.25, -0.2) is 8.42 Å².